The summed E-state index contributed by atoms with van der Waals surface area (Å²) in [5, 5.41) is 5.08. The van der Waals surface area contributed by atoms with Crippen LogP contribution in [0.2, 0.25) is 0 Å². The second kappa shape index (κ2) is 5.53. The SMILES string of the molecule is CCNc1ncc(C)c(SC2CCCC2)n1. The molecule has 1 aromatic heterocycles. The number of nitrogens with one attached hydrogen (secondary N) is 1. The van der Waals surface area contributed by atoms with Gasteiger partial charge in [0.25, 0.3) is 0 Å². The van der Waals surface area contributed by atoms with Crippen molar-refractivity contribution in [3.8, 4) is 0 Å². The number of aryl methyl sites for hydroxylation is 1. The van der Waals surface area contributed by atoms with Crippen molar-refractivity contribution in [1.82, 2.24) is 9.97 Å². The normalized spacial score (nSPS) is 16.6. The van der Waals surface area contributed by atoms with Crippen molar-refractivity contribution in [2.45, 2.75) is 49.8 Å². The molecule has 0 radical (unpaired) electrons. The van der Waals surface area contributed by atoms with Crippen molar-refractivity contribution < 1.29 is 0 Å². The fourth-order valence-electron chi connectivity index (χ4n) is 1.95. The maximum absolute atomic E-state index is 4.57. The second-order valence-corrected chi connectivity index (χ2v) is 5.53. The Kier molecular flexibility index (Phi) is 4.04. The van der Waals surface area contributed by atoms with E-state index in [9.17, 15) is 0 Å². The Morgan fingerprint density at radius 3 is 2.88 bits per heavy atom. The highest BCUT2D eigenvalue weighted by Gasteiger charge is 2.18. The van der Waals surface area contributed by atoms with Crippen molar-refractivity contribution in [1.29, 1.82) is 0 Å². The van der Waals surface area contributed by atoms with Gasteiger partial charge in [0.15, 0.2) is 0 Å². The van der Waals surface area contributed by atoms with E-state index in [1.54, 1.807) is 0 Å². The summed E-state index contributed by atoms with van der Waals surface area (Å²) in [6.07, 6.45) is 7.35. The van der Waals surface area contributed by atoms with E-state index >= 15 is 0 Å². The predicted molar refractivity (Wildman–Crippen MR) is 69.0 cm³/mol. The van der Waals surface area contributed by atoms with Gasteiger partial charge in [-0.3, -0.25) is 0 Å². The van der Waals surface area contributed by atoms with E-state index in [0.717, 1.165) is 22.8 Å². The second-order valence-electron chi connectivity index (χ2n) is 4.24. The molecule has 0 atom stereocenters. The molecule has 0 aromatic carbocycles. The van der Waals surface area contributed by atoms with E-state index in [0.29, 0.717) is 0 Å². The Balaban J connectivity index is 2.08. The first-order valence-corrected chi connectivity index (χ1v) is 6.91. The summed E-state index contributed by atoms with van der Waals surface area (Å²) in [6.45, 7) is 5.02. The quantitative estimate of drug-likeness (QED) is 0.816. The van der Waals surface area contributed by atoms with Crippen LogP contribution in [0.4, 0.5) is 5.95 Å². The van der Waals surface area contributed by atoms with E-state index in [4.69, 9.17) is 0 Å². The summed E-state index contributed by atoms with van der Waals surface area (Å²) in [5.74, 6) is 0.758. The molecule has 16 heavy (non-hydrogen) atoms. The van der Waals surface area contributed by atoms with Crippen molar-refractivity contribution in [2.24, 2.45) is 0 Å². The van der Waals surface area contributed by atoms with Gasteiger partial charge < -0.3 is 5.32 Å². The topological polar surface area (TPSA) is 37.8 Å². The molecule has 0 aliphatic heterocycles. The lowest BCUT2D eigenvalue weighted by atomic mass is 10.4. The van der Waals surface area contributed by atoms with Crippen LogP contribution in [-0.2, 0) is 0 Å². The van der Waals surface area contributed by atoms with Crippen molar-refractivity contribution in [3.63, 3.8) is 0 Å². The van der Waals surface area contributed by atoms with Gasteiger partial charge in [0, 0.05) is 18.0 Å². The van der Waals surface area contributed by atoms with Gasteiger partial charge in [-0.25, -0.2) is 9.97 Å². The molecule has 1 aromatic rings. The average Bonchev–Trinajstić information content (AvgIpc) is 2.76. The van der Waals surface area contributed by atoms with Gasteiger partial charge in [0.1, 0.15) is 5.03 Å². The third-order valence-corrected chi connectivity index (χ3v) is 4.28. The molecule has 3 nitrogen and oxygen atoms in total. The lowest BCUT2D eigenvalue weighted by molar-refractivity contribution is 0.886. The molecule has 0 unspecified atom stereocenters. The average molecular weight is 237 g/mol. The number of hydrogen-bond acceptors (Lipinski definition) is 4. The highest BCUT2D eigenvalue weighted by atomic mass is 32.2. The molecule has 1 heterocycles. The minimum absolute atomic E-state index is 0.758. The van der Waals surface area contributed by atoms with E-state index in [1.165, 1.54) is 31.2 Å². The Morgan fingerprint density at radius 1 is 1.44 bits per heavy atom. The molecule has 88 valence electrons. The zero-order chi connectivity index (χ0) is 11.4. The number of rotatable bonds is 4. The molecule has 1 N–H and O–H groups in total. The van der Waals surface area contributed by atoms with E-state index in [-0.39, 0.29) is 0 Å². The molecule has 1 fully saturated rings. The third kappa shape index (κ3) is 2.88. The first kappa shape index (κ1) is 11.7. The van der Waals surface area contributed by atoms with Gasteiger partial charge in [-0.15, -0.1) is 11.8 Å². The van der Waals surface area contributed by atoms with Gasteiger partial charge in [-0.2, -0.15) is 0 Å². The van der Waals surface area contributed by atoms with Crippen molar-refractivity contribution >= 4 is 17.7 Å². The Morgan fingerprint density at radius 2 is 2.19 bits per heavy atom. The minimum atomic E-state index is 0.758. The predicted octanol–water partition coefficient (Wildman–Crippen LogP) is 3.25. The number of nitrogens with zero attached hydrogens (tertiary/aromatic N) is 2. The van der Waals surface area contributed by atoms with Gasteiger partial charge in [0.2, 0.25) is 5.95 Å². The maximum atomic E-state index is 4.57. The first-order valence-electron chi connectivity index (χ1n) is 6.03. The van der Waals surface area contributed by atoms with Gasteiger partial charge in [-0.1, -0.05) is 12.8 Å². The number of anilines is 1. The van der Waals surface area contributed by atoms with Crippen LogP contribution in [0.5, 0.6) is 0 Å². The smallest absolute Gasteiger partial charge is 0.223 e. The molecule has 1 aliphatic carbocycles. The molecule has 4 heteroatoms. The summed E-state index contributed by atoms with van der Waals surface area (Å²) < 4.78 is 0. The van der Waals surface area contributed by atoms with Crippen LogP contribution in [0, 0.1) is 6.92 Å². The molecular weight excluding hydrogens is 218 g/mol. The lowest BCUT2D eigenvalue weighted by Gasteiger charge is -2.11. The molecule has 1 saturated carbocycles. The fraction of sp³-hybridized carbons (Fsp3) is 0.667. The minimum Gasteiger partial charge on any atom is -0.354 e. The fourth-order valence-corrected chi connectivity index (χ4v) is 3.22. The van der Waals surface area contributed by atoms with E-state index in [2.05, 4.69) is 29.1 Å². The molecule has 0 amide bonds. The summed E-state index contributed by atoms with van der Waals surface area (Å²) >= 11 is 1.93. The summed E-state index contributed by atoms with van der Waals surface area (Å²) in [6, 6.07) is 0. The van der Waals surface area contributed by atoms with Crippen molar-refractivity contribution in [2.75, 3.05) is 11.9 Å². The molecule has 1 aliphatic rings. The van der Waals surface area contributed by atoms with E-state index < -0.39 is 0 Å². The van der Waals surface area contributed by atoms with E-state index in [1.807, 2.05) is 18.0 Å². The van der Waals surface area contributed by atoms with Gasteiger partial charge >= 0.3 is 0 Å². The largest absolute Gasteiger partial charge is 0.354 e. The van der Waals surface area contributed by atoms with Crippen LogP contribution in [-0.4, -0.2) is 21.8 Å². The van der Waals surface area contributed by atoms with Crippen LogP contribution in [0.1, 0.15) is 38.2 Å². The Labute approximate surface area is 101 Å². The lowest BCUT2D eigenvalue weighted by Crippen LogP contribution is -2.04. The zero-order valence-electron chi connectivity index (χ0n) is 9.99. The summed E-state index contributed by atoms with van der Waals surface area (Å²) in [7, 11) is 0. The van der Waals surface area contributed by atoms with Crippen LogP contribution < -0.4 is 5.32 Å². The molecule has 0 spiro atoms. The maximum Gasteiger partial charge on any atom is 0.223 e. The first-order chi connectivity index (χ1) is 7.79. The zero-order valence-corrected chi connectivity index (χ0v) is 10.8. The standard InChI is InChI=1S/C12H19N3S/c1-3-13-12-14-8-9(2)11(15-12)16-10-6-4-5-7-10/h8,10H,3-7H2,1-2H3,(H,13,14,15). The molecular formula is C12H19N3S. The third-order valence-electron chi connectivity index (χ3n) is 2.84. The number of hydrogen-bond donors (Lipinski definition) is 1. The van der Waals surface area contributed by atoms with Crippen LogP contribution >= 0.6 is 11.8 Å². The molecule has 0 saturated heterocycles. The van der Waals surface area contributed by atoms with Crippen LogP contribution in [0.15, 0.2) is 11.2 Å². The van der Waals surface area contributed by atoms with Crippen molar-refractivity contribution in [3.05, 3.63) is 11.8 Å². The van der Waals surface area contributed by atoms with Gasteiger partial charge in [-0.05, 0) is 32.3 Å². The van der Waals surface area contributed by atoms with Gasteiger partial charge in [0.05, 0.1) is 0 Å². The van der Waals surface area contributed by atoms with Crippen LogP contribution in [0.3, 0.4) is 0 Å². The Hall–Kier alpha value is -0.770. The highest BCUT2D eigenvalue weighted by Crippen LogP contribution is 2.35. The summed E-state index contributed by atoms with van der Waals surface area (Å²) in [5.41, 5.74) is 1.19. The number of aromatic nitrogens is 2. The van der Waals surface area contributed by atoms with Crippen LogP contribution in [0.25, 0.3) is 0 Å². The number of thioether (sulfide) groups is 1. The molecule has 0 bridgehead atoms. The summed E-state index contributed by atoms with van der Waals surface area (Å²) in [4.78, 5) is 8.83. The Bertz CT molecular complexity index is 348. The monoisotopic (exact) mass is 237 g/mol. The highest BCUT2D eigenvalue weighted by molar-refractivity contribution is 7.99. The molecule has 2 rings (SSSR count).